The molecule has 3 aromatic rings. The molecule has 1 aliphatic rings. The lowest BCUT2D eigenvalue weighted by Gasteiger charge is -2.20. The first-order valence-corrected chi connectivity index (χ1v) is 10.8. The average Bonchev–Trinajstić information content (AvgIpc) is 3.11. The minimum absolute atomic E-state index is 0.104. The molecule has 1 aromatic heterocycles. The quantitative estimate of drug-likeness (QED) is 0.585. The van der Waals surface area contributed by atoms with E-state index in [1.54, 1.807) is 38.5 Å². The number of rotatable bonds is 8. The van der Waals surface area contributed by atoms with E-state index in [2.05, 4.69) is 37.1 Å². The molecule has 0 unspecified atom stereocenters. The van der Waals surface area contributed by atoms with Gasteiger partial charge in [0, 0.05) is 51.1 Å². The average molecular weight is 436 g/mol. The lowest BCUT2D eigenvalue weighted by atomic mass is 10.2. The minimum atomic E-state index is -0.104. The van der Waals surface area contributed by atoms with Crippen molar-refractivity contribution in [2.75, 3.05) is 33.9 Å². The zero-order valence-electron chi connectivity index (χ0n) is 18.6. The normalized spacial score (nSPS) is 13.8. The number of aromatic nitrogens is 3. The molecule has 1 aliphatic heterocycles. The van der Waals surface area contributed by atoms with E-state index in [0.29, 0.717) is 18.5 Å². The largest absolute Gasteiger partial charge is 0.497 e. The molecular weight excluding hydrogens is 406 g/mol. The lowest BCUT2D eigenvalue weighted by Crippen LogP contribution is -2.28. The van der Waals surface area contributed by atoms with Gasteiger partial charge in [0.25, 0.3) is 5.91 Å². The first-order chi connectivity index (χ1) is 15.7. The Bertz CT molecular complexity index is 1050. The summed E-state index contributed by atoms with van der Waals surface area (Å²) in [5, 5.41) is 11.7. The standard InChI is InChI=1S/C24H29N5O3/c1-31-20-8-6-19(7-9-20)24(30)25-12-10-22-26-27-23-11-13-28(14-15-29(22)23)17-18-4-3-5-21(16-18)32-2/h3-9,16H,10-15,17H2,1-2H3,(H,25,30). The third-order valence-electron chi connectivity index (χ3n) is 5.72. The van der Waals surface area contributed by atoms with Crippen LogP contribution < -0.4 is 14.8 Å². The van der Waals surface area contributed by atoms with E-state index >= 15 is 0 Å². The van der Waals surface area contributed by atoms with Crippen molar-refractivity contribution in [2.24, 2.45) is 0 Å². The summed E-state index contributed by atoms with van der Waals surface area (Å²) in [6.45, 7) is 4.09. The van der Waals surface area contributed by atoms with Crippen LogP contribution in [0, 0.1) is 0 Å². The number of ether oxygens (including phenoxy) is 2. The van der Waals surface area contributed by atoms with Crippen molar-refractivity contribution < 1.29 is 14.3 Å². The Kier molecular flexibility index (Phi) is 7.01. The first kappa shape index (κ1) is 21.8. The fourth-order valence-electron chi connectivity index (χ4n) is 3.93. The maximum Gasteiger partial charge on any atom is 0.251 e. The van der Waals surface area contributed by atoms with Crippen LogP contribution in [0.1, 0.15) is 27.6 Å². The molecule has 0 radical (unpaired) electrons. The molecule has 1 amide bonds. The maximum absolute atomic E-state index is 12.4. The van der Waals surface area contributed by atoms with Crippen LogP contribution in [0.3, 0.4) is 0 Å². The fourth-order valence-corrected chi connectivity index (χ4v) is 3.93. The predicted molar refractivity (Wildman–Crippen MR) is 121 cm³/mol. The van der Waals surface area contributed by atoms with Crippen molar-refractivity contribution in [3.05, 3.63) is 71.3 Å². The highest BCUT2D eigenvalue weighted by Crippen LogP contribution is 2.17. The smallest absolute Gasteiger partial charge is 0.251 e. The highest BCUT2D eigenvalue weighted by atomic mass is 16.5. The Balaban J connectivity index is 1.30. The second-order valence-corrected chi connectivity index (χ2v) is 7.80. The van der Waals surface area contributed by atoms with Crippen LogP contribution >= 0.6 is 0 Å². The monoisotopic (exact) mass is 435 g/mol. The van der Waals surface area contributed by atoms with E-state index in [1.807, 2.05) is 12.1 Å². The van der Waals surface area contributed by atoms with Crippen molar-refractivity contribution in [3.8, 4) is 11.5 Å². The number of nitrogens with one attached hydrogen (secondary N) is 1. The summed E-state index contributed by atoms with van der Waals surface area (Å²) >= 11 is 0. The SMILES string of the molecule is COc1ccc(C(=O)NCCc2nnc3n2CCN(Cc2cccc(OC)c2)CC3)cc1. The second-order valence-electron chi connectivity index (χ2n) is 7.80. The molecule has 0 atom stereocenters. The molecule has 0 saturated heterocycles. The molecule has 0 saturated carbocycles. The Morgan fingerprint density at radius 3 is 2.59 bits per heavy atom. The summed E-state index contributed by atoms with van der Waals surface area (Å²) < 4.78 is 12.7. The molecule has 2 heterocycles. The van der Waals surface area contributed by atoms with E-state index in [9.17, 15) is 4.79 Å². The summed E-state index contributed by atoms with van der Waals surface area (Å²) in [5.74, 6) is 3.43. The number of fused-ring (bicyclic) bond motifs is 1. The van der Waals surface area contributed by atoms with Gasteiger partial charge in [-0.1, -0.05) is 12.1 Å². The second kappa shape index (κ2) is 10.3. The number of amides is 1. The van der Waals surface area contributed by atoms with Crippen LogP contribution in [0.2, 0.25) is 0 Å². The van der Waals surface area contributed by atoms with Crippen molar-refractivity contribution in [3.63, 3.8) is 0 Å². The number of hydrogen-bond acceptors (Lipinski definition) is 6. The topological polar surface area (TPSA) is 81.5 Å². The molecule has 1 N–H and O–H groups in total. The summed E-state index contributed by atoms with van der Waals surface area (Å²) in [5.41, 5.74) is 1.85. The number of hydrogen-bond donors (Lipinski definition) is 1. The van der Waals surface area contributed by atoms with Crippen molar-refractivity contribution in [2.45, 2.75) is 25.9 Å². The van der Waals surface area contributed by atoms with Crippen LogP contribution in [-0.2, 0) is 25.9 Å². The Morgan fingerprint density at radius 1 is 1.00 bits per heavy atom. The van der Waals surface area contributed by atoms with Crippen molar-refractivity contribution in [1.82, 2.24) is 25.0 Å². The third kappa shape index (κ3) is 5.26. The van der Waals surface area contributed by atoms with Gasteiger partial charge in [-0.05, 0) is 42.0 Å². The van der Waals surface area contributed by atoms with Gasteiger partial charge in [-0.15, -0.1) is 10.2 Å². The first-order valence-electron chi connectivity index (χ1n) is 10.8. The zero-order valence-corrected chi connectivity index (χ0v) is 18.6. The van der Waals surface area contributed by atoms with E-state index in [4.69, 9.17) is 9.47 Å². The van der Waals surface area contributed by atoms with Gasteiger partial charge in [-0.25, -0.2) is 0 Å². The minimum Gasteiger partial charge on any atom is -0.497 e. The summed E-state index contributed by atoms with van der Waals surface area (Å²) in [6, 6.07) is 15.3. The summed E-state index contributed by atoms with van der Waals surface area (Å²) in [7, 11) is 3.30. The van der Waals surface area contributed by atoms with Gasteiger partial charge in [-0.2, -0.15) is 0 Å². The fraction of sp³-hybridized carbons (Fsp3) is 0.375. The van der Waals surface area contributed by atoms with Crippen LogP contribution in [-0.4, -0.2) is 59.4 Å². The van der Waals surface area contributed by atoms with E-state index in [1.165, 1.54) is 5.56 Å². The number of carbonyl (C=O) groups excluding carboxylic acids is 1. The van der Waals surface area contributed by atoms with Gasteiger partial charge in [0.2, 0.25) is 0 Å². The molecule has 0 fully saturated rings. The van der Waals surface area contributed by atoms with E-state index < -0.39 is 0 Å². The molecule has 168 valence electrons. The highest BCUT2D eigenvalue weighted by molar-refractivity contribution is 5.94. The van der Waals surface area contributed by atoms with Gasteiger partial charge in [0.05, 0.1) is 14.2 Å². The summed E-state index contributed by atoms with van der Waals surface area (Å²) in [6.07, 6.45) is 1.50. The molecule has 0 bridgehead atoms. The number of nitrogens with zero attached hydrogens (tertiary/aromatic N) is 4. The number of carbonyl (C=O) groups is 1. The van der Waals surface area contributed by atoms with Gasteiger partial charge < -0.3 is 19.4 Å². The van der Waals surface area contributed by atoms with Gasteiger partial charge >= 0.3 is 0 Å². The van der Waals surface area contributed by atoms with E-state index in [-0.39, 0.29) is 5.91 Å². The van der Waals surface area contributed by atoms with Crippen LogP contribution in [0.25, 0.3) is 0 Å². The van der Waals surface area contributed by atoms with Gasteiger partial charge in [0.15, 0.2) is 0 Å². The molecule has 8 nitrogen and oxygen atoms in total. The highest BCUT2D eigenvalue weighted by Gasteiger charge is 2.19. The Labute approximate surface area is 188 Å². The van der Waals surface area contributed by atoms with Gasteiger partial charge in [0.1, 0.15) is 23.1 Å². The van der Waals surface area contributed by atoms with Crippen LogP contribution in [0.4, 0.5) is 0 Å². The Morgan fingerprint density at radius 2 is 1.81 bits per heavy atom. The third-order valence-corrected chi connectivity index (χ3v) is 5.72. The van der Waals surface area contributed by atoms with Crippen LogP contribution in [0.5, 0.6) is 11.5 Å². The molecular formula is C24H29N5O3. The molecule has 8 heteroatoms. The van der Waals surface area contributed by atoms with E-state index in [0.717, 1.165) is 55.7 Å². The Hall–Kier alpha value is -3.39. The van der Waals surface area contributed by atoms with Gasteiger partial charge in [-0.3, -0.25) is 9.69 Å². The lowest BCUT2D eigenvalue weighted by molar-refractivity contribution is 0.0954. The van der Waals surface area contributed by atoms with Crippen molar-refractivity contribution >= 4 is 5.91 Å². The number of benzene rings is 2. The van der Waals surface area contributed by atoms with Crippen molar-refractivity contribution in [1.29, 1.82) is 0 Å². The molecule has 32 heavy (non-hydrogen) atoms. The zero-order chi connectivity index (χ0) is 22.3. The number of methoxy groups -OCH3 is 2. The maximum atomic E-state index is 12.4. The molecule has 0 spiro atoms. The summed E-state index contributed by atoms with van der Waals surface area (Å²) in [4.78, 5) is 14.8. The predicted octanol–water partition coefficient (Wildman–Crippen LogP) is 2.33. The van der Waals surface area contributed by atoms with Crippen LogP contribution in [0.15, 0.2) is 48.5 Å². The molecule has 2 aromatic carbocycles. The molecule has 0 aliphatic carbocycles. The molecule has 4 rings (SSSR count).